The van der Waals surface area contributed by atoms with E-state index >= 15 is 0 Å². The van der Waals surface area contributed by atoms with Gasteiger partial charge in [-0.15, -0.1) is 0 Å². The van der Waals surface area contributed by atoms with Gasteiger partial charge in [0.15, 0.2) is 0 Å². The SMILES string of the molecule is CSN1CC=C(c2ccccc2)CC1. The van der Waals surface area contributed by atoms with Crippen molar-refractivity contribution >= 4 is 17.5 Å². The molecule has 1 aromatic carbocycles. The molecule has 14 heavy (non-hydrogen) atoms. The first-order chi connectivity index (χ1) is 6.90. The largest absolute Gasteiger partial charge is 0.247 e. The Labute approximate surface area is 89.9 Å². The summed E-state index contributed by atoms with van der Waals surface area (Å²) in [5.74, 6) is 0. The van der Waals surface area contributed by atoms with E-state index in [4.69, 9.17) is 0 Å². The summed E-state index contributed by atoms with van der Waals surface area (Å²) in [6.45, 7) is 2.24. The second kappa shape index (κ2) is 4.67. The molecule has 2 rings (SSSR count). The van der Waals surface area contributed by atoms with Gasteiger partial charge in [0.05, 0.1) is 0 Å². The van der Waals surface area contributed by atoms with Crippen LogP contribution in [0.15, 0.2) is 36.4 Å². The second-order valence-corrected chi connectivity index (χ2v) is 4.30. The lowest BCUT2D eigenvalue weighted by Crippen LogP contribution is -2.21. The van der Waals surface area contributed by atoms with E-state index in [1.54, 1.807) is 0 Å². The molecule has 0 spiro atoms. The predicted octanol–water partition coefficient (Wildman–Crippen LogP) is 3.05. The van der Waals surface area contributed by atoms with Gasteiger partial charge in [0.1, 0.15) is 0 Å². The molecule has 0 saturated carbocycles. The van der Waals surface area contributed by atoms with Crippen LogP contribution in [0.2, 0.25) is 0 Å². The standard InChI is InChI=1S/C12H15NS/c1-14-13-9-7-12(8-10-13)11-5-3-2-4-6-11/h2-7H,8-10H2,1H3. The molecule has 0 saturated heterocycles. The Bertz CT molecular complexity index is 318. The maximum Gasteiger partial charge on any atom is 0.0276 e. The second-order valence-electron chi connectivity index (χ2n) is 3.42. The fourth-order valence-electron chi connectivity index (χ4n) is 1.73. The highest BCUT2D eigenvalue weighted by Crippen LogP contribution is 2.24. The van der Waals surface area contributed by atoms with E-state index in [1.807, 2.05) is 11.9 Å². The zero-order valence-electron chi connectivity index (χ0n) is 8.44. The van der Waals surface area contributed by atoms with Gasteiger partial charge in [0.2, 0.25) is 0 Å². The van der Waals surface area contributed by atoms with Gasteiger partial charge in [-0.3, -0.25) is 0 Å². The van der Waals surface area contributed by atoms with Crippen molar-refractivity contribution in [2.24, 2.45) is 0 Å². The summed E-state index contributed by atoms with van der Waals surface area (Å²) in [5.41, 5.74) is 2.88. The molecule has 1 aliphatic rings. The van der Waals surface area contributed by atoms with E-state index < -0.39 is 0 Å². The summed E-state index contributed by atoms with van der Waals surface area (Å²) in [6, 6.07) is 10.7. The van der Waals surface area contributed by atoms with Gasteiger partial charge in [0.25, 0.3) is 0 Å². The number of nitrogens with zero attached hydrogens (tertiary/aromatic N) is 1. The monoisotopic (exact) mass is 205 g/mol. The zero-order chi connectivity index (χ0) is 9.80. The van der Waals surface area contributed by atoms with Crippen LogP contribution in [-0.4, -0.2) is 23.7 Å². The Kier molecular flexibility index (Phi) is 3.27. The summed E-state index contributed by atoms with van der Waals surface area (Å²) in [6.07, 6.45) is 5.65. The molecule has 1 nitrogen and oxygen atoms in total. The molecule has 0 radical (unpaired) electrons. The van der Waals surface area contributed by atoms with Crippen molar-refractivity contribution < 1.29 is 0 Å². The third-order valence-electron chi connectivity index (χ3n) is 2.57. The van der Waals surface area contributed by atoms with Crippen LogP contribution < -0.4 is 0 Å². The topological polar surface area (TPSA) is 3.24 Å². The van der Waals surface area contributed by atoms with Crippen LogP contribution in [0.5, 0.6) is 0 Å². The lowest BCUT2D eigenvalue weighted by atomic mass is 10.0. The van der Waals surface area contributed by atoms with E-state index in [-0.39, 0.29) is 0 Å². The Balaban J connectivity index is 2.11. The zero-order valence-corrected chi connectivity index (χ0v) is 9.26. The van der Waals surface area contributed by atoms with Crippen LogP contribution in [0.3, 0.4) is 0 Å². The van der Waals surface area contributed by atoms with Gasteiger partial charge in [-0.1, -0.05) is 48.4 Å². The van der Waals surface area contributed by atoms with Crippen LogP contribution in [0.4, 0.5) is 0 Å². The molecule has 1 aliphatic heterocycles. The molecular formula is C12H15NS. The average molecular weight is 205 g/mol. The first-order valence-electron chi connectivity index (χ1n) is 4.93. The van der Waals surface area contributed by atoms with Crippen molar-refractivity contribution in [3.63, 3.8) is 0 Å². The summed E-state index contributed by atoms with van der Waals surface area (Å²) in [4.78, 5) is 0. The Morgan fingerprint density at radius 2 is 2.00 bits per heavy atom. The predicted molar refractivity (Wildman–Crippen MR) is 64.1 cm³/mol. The molecular weight excluding hydrogens is 190 g/mol. The van der Waals surface area contributed by atoms with Gasteiger partial charge in [-0.2, -0.15) is 0 Å². The van der Waals surface area contributed by atoms with Gasteiger partial charge in [0, 0.05) is 13.1 Å². The van der Waals surface area contributed by atoms with Crippen molar-refractivity contribution in [3.05, 3.63) is 42.0 Å². The Hall–Kier alpha value is -0.730. The molecule has 1 heterocycles. The fourth-order valence-corrected chi connectivity index (χ4v) is 2.23. The van der Waals surface area contributed by atoms with E-state index in [9.17, 15) is 0 Å². The number of hydrogen-bond donors (Lipinski definition) is 0. The smallest absolute Gasteiger partial charge is 0.0276 e. The molecule has 0 unspecified atom stereocenters. The number of rotatable bonds is 2. The normalized spacial score (nSPS) is 17.9. The maximum atomic E-state index is 2.38. The molecule has 0 fully saturated rings. The maximum absolute atomic E-state index is 2.38. The van der Waals surface area contributed by atoms with Gasteiger partial charge in [-0.25, -0.2) is 4.31 Å². The van der Waals surface area contributed by atoms with Crippen LogP contribution in [0, 0.1) is 0 Å². The minimum Gasteiger partial charge on any atom is -0.247 e. The van der Waals surface area contributed by atoms with E-state index in [1.165, 1.54) is 24.1 Å². The third-order valence-corrected chi connectivity index (χ3v) is 3.42. The summed E-state index contributed by atoms with van der Waals surface area (Å²) < 4.78 is 2.38. The Morgan fingerprint density at radius 3 is 2.57 bits per heavy atom. The van der Waals surface area contributed by atoms with Crippen molar-refractivity contribution in [1.29, 1.82) is 0 Å². The third kappa shape index (κ3) is 2.20. The molecule has 74 valence electrons. The first-order valence-corrected chi connectivity index (χ1v) is 6.12. The van der Waals surface area contributed by atoms with Gasteiger partial charge in [-0.05, 0) is 23.8 Å². The molecule has 0 aliphatic carbocycles. The lowest BCUT2D eigenvalue weighted by Gasteiger charge is -2.23. The number of hydrogen-bond acceptors (Lipinski definition) is 2. The summed E-state index contributed by atoms with van der Waals surface area (Å²) in [7, 11) is 0. The van der Waals surface area contributed by atoms with Crippen LogP contribution >= 0.6 is 11.9 Å². The fraction of sp³-hybridized carbons (Fsp3) is 0.333. The summed E-state index contributed by atoms with van der Waals surface area (Å²) >= 11 is 1.83. The van der Waals surface area contributed by atoms with E-state index in [0.717, 1.165) is 6.54 Å². The Morgan fingerprint density at radius 1 is 1.21 bits per heavy atom. The molecule has 2 heteroatoms. The highest BCUT2D eigenvalue weighted by Gasteiger charge is 2.10. The van der Waals surface area contributed by atoms with Crippen molar-refractivity contribution in [2.75, 3.05) is 19.3 Å². The van der Waals surface area contributed by atoms with Gasteiger partial charge >= 0.3 is 0 Å². The van der Waals surface area contributed by atoms with Crippen LogP contribution in [0.1, 0.15) is 12.0 Å². The highest BCUT2D eigenvalue weighted by molar-refractivity contribution is 7.96. The molecule has 0 aromatic heterocycles. The molecule has 0 bridgehead atoms. The van der Waals surface area contributed by atoms with Crippen molar-refractivity contribution in [3.8, 4) is 0 Å². The molecule has 0 N–H and O–H groups in total. The molecule has 0 amide bonds. The molecule has 0 atom stereocenters. The minimum atomic E-state index is 1.07. The quantitative estimate of drug-likeness (QED) is 0.683. The van der Waals surface area contributed by atoms with Crippen LogP contribution in [0.25, 0.3) is 5.57 Å². The summed E-state index contributed by atoms with van der Waals surface area (Å²) in [5, 5.41) is 0. The highest BCUT2D eigenvalue weighted by atomic mass is 32.2. The van der Waals surface area contributed by atoms with Gasteiger partial charge < -0.3 is 0 Å². The van der Waals surface area contributed by atoms with Crippen molar-refractivity contribution in [2.45, 2.75) is 6.42 Å². The first kappa shape index (κ1) is 9.81. The molecule has 1 aromatic rings. The number of benzene rings is 1. The van der Waals surface area contributed by atoms with E-state index in [2.05, 4.69) is 47.0 Å². The van der Waals surface area contributed by atoms with Crippen LogP contribution in [-0.2, 0) is 0 Å². The minimum absolute atomic E-state index is 1.07. The van der Waals surface area contributed by atoms with Crippen molar-refractivity contribution in [1.82, 2.24) is 4.31 Å². The lowest BCUT2D eigenvalue weighted by molar-refractivity contribution is 0.518. The van der Waals surface area contributed by atoms with E-state index in [0.29, 0.717) is 0 Å². The average Bonchev–Trinajstić information content (AvgIpc) is 2.30.